The molecule has 140 valence electrons. The first-order valence-electron chi connectivity index (χ1n) is 7.91. The fourth-order valence-corrected chi connectivity index (χ4v) is 2.25. The molecule has 0 radical (unpaired) electrons. The molecule has 25 heavy (non-hydrogen) atoms. The van der Waals surface area contributed by atoms with Crippen LogP contribution in [0.4, 0.5) is 8.78 Å². The second-order valence-corrected chi connectivity index (χ2v) is 5.83. The van der Waals surface area contributed by atoms with Crippen molar-refractivity contribution in [2.24, 2.45) is 5.92 Å². The fraction of sp³-hybridized carbons (Fsp3) is 0.529. The highest BCUT2D eigenvalue weighted by Gasteiger charge is 2.22. The number of alkyl halides is 2. The van der Waals surface area contributed by atoms with Crippen LogP contribution in [-0.4, -0.2) is 38.1 Å². The molecule has 0 spiro atoms. The molecular formula is C17H24F2N2O4. The molecule has 2 N–H and O–H groups in total. The van der Waals surface area contributed by atoms with Gasteiger partial charge in [-0.05, 0) is 30.0 Å². The first-order chi connectivity index (χ1) is 11.7. The molecule has 0 fully saturated rings. The average molecular weight is 358 g/mol. The number of carbonyl (C=O) groups excluding carboxylic acids is 2. The van der Waals surface area contributed by atoms with Crippen LogP contribution in [0.3, 0.4) is 0 Å². The monoisotopic (exact) mass is 358 g/mol. The van der Waals surface area contributed by atoms with Gasteiger partial charge in [0, 0.05) is 13.5 Å². The van der Waals surface area contributed by atoms with Gasteiger partial charge < -0.3 is 20.1 Å². The van der Waals surface area contributed by atoms with E-state index in [0.29, 0.717) is 13.0 Å². The van der Waals surface area contributed by atoms with E-state index < -0.39 is 12.7 Å². The molecule has 0 saturated carbocycles. The summed E-state index contributed by atoms with van der Waals surface area (Å²) in [4.78, 5) is 23.3. The van der Waals surface area contributed by atoms with E-state index >= 15 is 0 Å². The predicted molar refractivity (Wildman–Crippen MR) is 88.8 cm³/mol. The topological polar surface area (TPSA) is 76.7 Å². The summed E-state index contributed by atoms with van der Waals surface area (Å²) in [5.41, 5.74) is 0.791. The third-order valence-corrected chi connectivity index (χ3v) is 3.46. The maximum Gasteiger partial charge on any atom is 0.387 e. The number of rotatable bonds is 9. The summed E-state index contributed by atoms with van der Waals surface area (Å²) in [6.45, 7) is 2.44. The number of hydrogen-bond acceptors (Lipinski definition) is 4. The molecule has 0 aromatic heterocycles. The van der Waals surface area contributed by atoms with Gasteiger partial charge in [-0.25, -0.2) is 0 Å². The van der Waals surface area contributed by atoms with Gasteiger partial charge in [-0.15, -0.1) is 0 Å². The van der Waals surface area contributed by atoms with Crippen molar-refractivity contribution in [2.45, 2.75) is 39.8 Å². The van der Waals surface area contributed by atoms with Gasteiger partial charge in [-0.2, -0.15) is 8.78 Å². The van der Waals surface area contributed by atoms with E-state index in [9.17, 15) is 18.4 Å². The molecule has 6 nitrogen and oxygen atoms in total. The Balaban J connectivity index is 2.63. The smallest absolute Gasteiger partial charge is 0.387 e. The van der Waals surface area contributed by atoms with E-state index in [1.807, 2.05) is 13.8 Å². The predicted octanol–water partition coefficient (Wildman–Crippen LogP) is 2.12. The average Bonchev–Trinajstić information content (AvgIpc) is 2.52. The van der Waals surface area contributed by atoms with Gasteiger partial charge in [-0.3, -0.25) is 9.59 Å². The van der Waals surface area contributed by atoms with Gasteiger partial charge >= 0.3 is 6.61 Å². The van der Waals surface area contributed by atoms with E-state index in [0.717, 1.165) is 5.56 Å². The zero-order valence-corrected chi connectivity index (χ0v) is 14.8. The zero-order chi connectivity index (χ0) is 19.0. The number of carbonyl (C=O) groups is 2. The minimum Gasteiger partial charge on any atom is -0.493 e. The highest BCUT2D eigenvalue weighted by Crippen LogP contribution is 2.29. The van der Waals surface area contributed by atoms with Crippen molar-refractivity contribution < 1.29 is 27.8 Å². The Hall–Kier alpha value is -2.38. The fourth-order valence-electron chi connectivity index (χ4n) is 2.25. The van der Waals surface area contributed by atoms with Gasteiger partial charge in [0.15, 0.2) is 11.5 Å². The molecule has 0 saturated heterocycles. The van der Waals surface area contributed by atoms with Crippen molar-refractivity contribution >= 4 is 11.8 Å². The van der Waals surface area contributed by atoms with Crippen molar-refractivity contribution in [3.8, 4) is 11.5 Å². The van der Waals surface area contributed by atoms with Crippen LogP contribution in [0.5, 0.6) is 11.5 Å². The molecule has 0 aliphatic carbocycles. The Morgan fingerprint density at radius 3 is 2.40 bits per heavy atom. The molecule has 0 aliphatic rings. The van der Waals surface area contributed by atoms with Crippen molar-refractivity contribution in [3.63, 3.8) is 0 Å². The standard InChI is InChI=1S/C17H24F2N2O4/c1-10(2)15(21-11(3)22)16(23)20-8-7-12-5-6-13(25-17(18)19)14(9-12)24-4/h5-6,9-10,15,17H,7-8H2,1-4H3,(H,20,23)(H,21,22)/t15-/m1/s1. The molecule has 8 heteroatoms. The second kappa shape index (κ2) is 9.80. The van der Waals surface area contributed by atoms with E-state index in [4.69, 9.17) is 4.74 Å². The molecular weight excluding hydrogens is 334 g/mol. The Labute approximate surface area is 145 Å². The number of methoxy groups -OCH3 is 1. The maximum atomic E-state index is 12.3. The maximum absolute atomic E-state index is 12.3. The number of halogens is 2. The molecule has 2 amide bonds. The Bertz CT molecular complexity index is 594. The minimum atomic E-state index is -2.93. The zero-order valence-electron chi connectivity index (χ0n) is 14.8. The Morgan fingerprint density at radius 2 is 1.88 bits per heavy atom. The summed E-state index contributed by atoms with van der Waals surface area (Å²) < 4.78 is 34.0. The molecule has 1 aromatic rings. The molecule has 0 aliphatic heterocycles. The van der Waals surface area contributed by atoms with Gasteiger partial charge in [0.1, 0.15) is 6.04 Å². The summed E-state index contributed by atoms with van der Waals surface area (Å²) in [5.74, 6) is -0.434. The first kappa shape index (κ1) is 20.7. The van der Waals surface area contributed by atoms with E-state index in [1.54, 1.807) is 12.1 Å². The highest BCUT2D eigenvalue weighted by molar-refractivity contribution is 5.87. The van der Waals surface area contributed by atoms with Crippen molar-refractivity contribution in [1.82, 2.24) is 10.6 Å². The van der Waals surface area contributed by atoms with Crippen molar-refractivity contribution in [2.75, 3.05) is 13.7 Å². The lowest BCUT2D eigenvalue weighted by Gasteiger charge is -2.21. The third-order valence-electron chi connectivity index (χ3n) is 3.46. The summed E-state index contributed by atoms with van der Waals surface area (Å²) in [6.07, 6.45) is 0.474. The highest BCUT2D eigenvalue weighted by atomic mass is 19.3. The van der Waals surface area contributed by atoms with Gasteiger partial charge in [-0.1, -0.05) is 19.9 Å². The summed E-state index contributed by atoms with van der Waals surface area (Å²) in [7, 11) is 1.36. The van der Waals surface area contributed by atoms with Gasteiger partial charge in [0.2, 0.25) is 11.8 Å². The minimum absolute atomic E-state index is 0.0455. The van der Waals surface area contributed by atoms with Gasteiger partial charge in [0.05, 0.1) is 7.11 Å². The normalized spacial score (nSPS) is 12.0. The van der Waals surface area contributed by atoms with Crippen LogP contribution in [0, 0.1) is 5.92 Å². The van der Waals surface area contributed by atoms with Crippen molar-refractivity contribution in [1.29, 1.82) is 0 Å². The van der Waals surface area contributed by atoms with Crippen LogP contribution >= 0.6 is 0 Å². The molecule has 0 heterocycles. The third kappa shape index (κ3) is 6.94. The molecule has 1 rings (SSSR count). The Morgan fingerprint density at radius 1 is 1.20 bits per heavy atom. The van der Waals surface area contributed by atoms with Gasteiger partial charge in [0.25, 0.3) is 0 Å². The van der Waals surface area contributed by atoms with Crippen LogP contribution in [0.25, 0.3) is 0 Å². The first-order valence-corrected chi connectivity index (χ1v) is 7.91. The van der Waals surface area contributed by atoms with Crippen LogP contribution < -0.4 is 20.1 Å². The van der Waals surface area contributed by atoms with E-state index in [-0.39, 0.29) is 29.2 Å². The number of benzene rings is 1. The van der Waals surface area contributed by atoms with Crippen LogP contribution in [0.1, 0.15) is 26.3 Å². The number of nitrogens with one attached hydrogen (secondary N) is 2. The van der Waals surface area contributed by atoms with E-state index in [1.165, 1.54) is 20.1 Å². The lowest BCUT2D eigenvalue weighted by atomic mass is 10.0. The summed E-state index contributed by atoms with van der Waals surface area (Å²) >= 11 is 0. The molecule has 1 atom stereocenters. The molecule has 1 aromatic carbocycles. The largest absolute Gasteiger partial charge is 0.493 e. The number of ether oxygens (including phenoxy) is 2. The number of hydrogen-bond donors (Lipinski definition) is 2. The van der Waals surface area contributed by atoms with Crippen molar-refractivity contribution in [3.05, 3.63) is 23.8 Å². The lowest BCUT2D eigenvalue weighted by Crippen LogP contribution is -2.49. The molecule has 0 bridgehead atoms. The second-order valence-electron chi connectivity index (χ2n) is 5.83. The number of amides is 2. The quantitative estimate of drug-likeness (QED) is 0.709. The van der Waals surface area contributed by atoms with Crippen LogP contribution in [-0.2, 0) is 16.0 Å². The SMILES string of the molecule is COc1cc(CCNC(=O)[C@H](NC(C)=O)C(C)C)ccc1OC(F)F. The van der Waals surface area contributed by atoms with E-state index in [2.05, 4.69) is 15.4 Å². The van der Waals surface area contributed by atoms with Crippen LogP contribution in [0.15, 0.2) is 18.2 Å². The Kier molecular flexibility index (Phi) is 8.10. The van der Waals surface area contributed by atoms with Crippen LogP contribution in [0.2, 0.25) is 0 Å². The molecule has 0 unspecified atom stereocenters. The lowest BCUT2D eigenvalue weighted by molar-refractivity contribution is -0.129. The summed E-state index contributed by atoms with van der Waals surface area (Å²) in [6, 6.07) is 4.00. The summed E-state index contributed by atoms with van der Waals surface area (Å²) in [5, 5.41) is 5.37.